The van der Waals surface area contributed by atoms with Crippen LogP contribution in [0.3, 0.4) is 0 Å². The number of esters is 1. The second kappa shape index (κ2) is 47.2. The molecule has 372 valence electrons. The van der Waals surface area contributed by atoms with Crippen LogP contribution in [-0.2, 0) is 32.7 Å². The van der Waals surface area contributed by atoms with Gasteiger partial charge in [-0.1, -0.05) is 182 Å². The fourth-order valence-corrected chi connectivity index (χ4v) is 7.32. The second-order valence-corrected chi connectivity index (χ2v) is 18.1. The second-order valence-electron chi connectivity index (χ2n) is 16.6. The van der Waals surface area contributed by atoms with E-state index in [9.17, 15) is 34.1 Å². The first-order valence-electron chi connectivity index (χ1n) is 25.1. The molecule has 1 amide bonds. The summed E-state index contributed by atoms with van der Waals surface area (Å²) in [6.07, 6.45) is 58.8. The highest BCUT2D eigenvalue weighted by molar-refractivity contribution is 7.47. The van der Waals surface area contributed by atoms with Crippen LogP contribution in [0.2, 0.25) is 0 Å². The van der Waals surface area contributed by atoms with Crippen molar-refractivity contribution >= 4 is 25.7 Å². The van der Waals surface area contributed by atoms with Gasteiger partial charge in [0, 0.05) is 12.8 Å². The highest BCUT2D eigenvalue weighted by Crippen LogP contribution is 2.43. The van der Waals surface area contributed by atoms with E-state index in [0.717, 1.165) is 109 Å². The average Bonchev–Trinajstić information content (AvgIpc) is 3.28. The maximum Gasteiger partial charge on any atom is 0.472 e. The number of carbonyl (C=O) groups is 3. The Bertz CT molecular complexity index is 1420. The highest BCUT2D eigenvalue weighted by Gasteiger charge is 2.28. The number of ether oxygens (including phenoxy) is 1. The lowest BCUT2D eigenvalue weighted by Gasteiger charge is -2.18. The molecule has 0 aromatic rings. The Morgan fingerprint density at radius 3 is 1.34 bits per heavy atom. The third kappa shape index (κ3) is 47.0. The number of aliphatic carboxylic acids is 1. The van der Waals surface area contributed by atoms with Crippen LogP contribution < -0.4 is 5.32 Å². The van der Waals surface area contributed by atoms with E-state index in [1.165, 1.54) is 51.4 Å². The first-order chi connectivity index (χ1) is 31.6. The van der Waals surface area contributed by atoms with Crippen molar-refractivity contribution in [3.8, 4) is 0 Å². The number of amides is 1. The van der Waals surface area contributed by atoms with Crippen molar-refractivity contribution < 1.29 is 47.8 Å². The van der Waals surface area contributed by atoms with Crippen molar-refractivity contribution in [3.05, 3.63) is 85.1 Å². The van der Waals surface area contributed by atoms with E-state index < -0.39 is 57.6 Å². The summed E-state index contributed by atoms with van der Waals surface area (Å²) in [5, 5.41) is 21.9. The minimum Gasteiger partial charge on any atom is -0.480 e. The Morgan fingerprint density at radius 2 is 0.892 bits per heavy atom. The van der Waals surface area contributed by atoms with Crippen LogP contribution in [0.25, 0.3) is 0 Å². The highest BCUT2D eigenvalue weighted by atomic mass is 31.2. The van der Waals surface area contributed by atoms with Crippen molar-refractivity contribution in [1.82, 2.24) is 5.32 Å². The third-order valence-corrected chi connectivity index (χ3v) is 11.4. The molecule has 0 rings (SSSR count). The molecule has 0 saturated heterocycles. The number of phosphoric ester groups is 1. The summed E-state index contributed by atoms with van der Waals surface area (Å²) in [5.74, 6) is -2.40. The molecule has 11 nitrogen and oxygen atoms in total. The lowest BCUT2D eigenvalue weighted by molar-refractivity contribution is -0.147. The zero-order chi connectivity index (χ0) is 47.7. The van der Waals surface area contributed by atoms with E-state index in [0.29, 0.717) is 12.8 Å². The molecule has 0 aromatic heterocycles. The van der Waals surface area contributed by atoms with Crippen LogP contribution >= 0.6 is 7.82 Å². The van der Waals surface area contributed by atoms with Crippen molar-refractivity contribution in [2.45, 2.75) is 212 Å². The van der Waals surface area contributed by atoms with Gasteiger partial charge >= 0.3 is 19.8 Å². The number of nitrogens with one attached hydrogen (secondary N) is 1. The summed E-state index contributed by atoms with van der Waals surface area (Å²) in [7, 11) is -4.77. The van der Waals surface area contributed by atoms with Gasteiger partial charge in [0.25, 0.3) is 0 Å². The van der Waals surface area contributed by atoms with E-state index in [1.54, 1.807) is 0 Å². The van der Waals surface area contributed by atoms with Gasteiger partial charge in [-0.3, -0.25) is 18.6 Å². The van der Waals surface area contributed by atoms with Gasteiger partial charge in [-0.15, -0.1) is 0 Å². The maximum absolute atomic E-state index is 12.4. The molecule has 0 aromatic carbocycles. The van der Waals surface area contributed by atoms with Gasteiger partial charge in [0.1, 0.15) is 12.7 Å². The smallest absolute Gasteiger partial charge is 0.472 e. The van der Waals surface area contributed by atoms with Gasteiger partial charge in [-0.25, -0.2) is 9.36 Å². The normalized spacial score (nSPS) is 14.3. The fourth-order valence-electron chi connectivity index (χ4n) is 6.55. The molecule has 4 N–H and O–H groups in total. The number of rotatable bonds is 46. The van der Waals surface area contributed by atoms with E-state index in [-0.39, 0.29) is 12.8 Å². The van der Waals surface area contributed by atoms with Gasteiger partial charge in [0.15, 0.2) is 6.04 Å². The summed E-state index contributed by atoms with van der Waals surface area (Å²) in [6.45, 7) is 2.45. The summed E-state index contributed by atoms with van der Waals surface area (Å²) in [4.78, 5) is 46.1. The number of carbonyl (C=O) groups excluding carboxylic acids is 2. The Balaban J connectivity index is 3.88. The van der Waals surface area contributed by atoms with Crippen LogP contribution in [0, 0.1) is 0 Å². The van der Waals surface area contributed by atoms with Crippen LogP contribution in [-0.4, -0.2) is 64.9 Å². The molecule has 0 aliphatic carbocycles. The SMILES string of the molecule is CC/C=C\C/C=C\C/C=C\C/C=C\C/C=C\CCCCCCCCCC(=O)OCC(O)COP(=O)(O)OCC(NC(=O)CCCCCCCCC/C=C\C/C=C\CCCCCC)C(=O)O. The number of carboxylic acids is 1. The van der Waals surface area contributed by atoms with Gasteiger partial charge in [0.05, 0.1) is 13.2 Å². The van der Waals surface area contributed by atoms with E-state index in [1.807, 2.05) is 0 Å². The van der Waals surface area contributed by atoms with E-state index in [2.05, 4.69) is 104 Å². The molecule has 3 atom stereocenters. The first-order valence-corrected chi connectivity index (χ1v) is 26.6. The number of aliphatic hydroxyl groups is 1. The Hall–Kier alpha value is -3.34. The number of carboxylic acid groups (broad SMARTS) is 1. The fraction of sp³-hybridized carbons (Fsp3) is 0.679. The average molecular weight is 932 g/mol. The molecule has 0 spiro atoms. The Morgan fingerprint density at radius 1 is 0.508 bits per heavy atom. The van der Waals surface area contributed by atoms with E-state index >= 15 is 0 Å². The first kappa shape index (κ1) is 61.7. The molecule has 12 heteroatoms. The number of phosphoric acid groups is 1. The molecular weight excluding hydrogens is 842 g/mol. The predicted octanol–water partition coefficient (Wildman–Crippen LogP) is 13.8. The van der Waals surface area contributed by atoms with E-state index in [4.69, 9.17) is 13.8 Å². The lowest BCUT2D eigenvalue weighted by atomic mass is 10.1. The number of allylic oxidation sites excluding steroid dienone is 14. The van der Waals surface area contributed by atoms with Crippen LogP contribution in [0.5, 0.6) is 0 Å². The predicted molar refractivity (Wildman–Crippen MR) is 267 cm³/mol. The Kier molecular flexibility index (Phi) is 44.7. The Labute approximate surface area is 394 Å². The molecule has 0 saturated carbocycles. The number of hydrogen-bond acceptors (Lipinski definition) is 8. The summed E-state index contributed by atoms with van der Waals surface area (Å²) < 4.78 is 26.9. The molecule has 3 unspecified atom stereocenters. The molecule has 0 aliphatic rings. The van der Waals surface area contributed by atoms with Crippen LogP contribution in [0.1, 0.15) is 200 Å². The van der Waals surface area contributed by atoms with Gasteiger partial charge < -0.3 is 25.2 Å². The van der Waals surface area contributed by atoms with Crippen molar-refractivity contribution in [2.75, 3.05) is 19.8 Å². The van der Waals surface area contributed by atoms with Crippen LogP contribution in [0.4, 0.5) is 0 Å². The summed E-state index contributed by atoms with van der Waals surface area (Å²) >= 11 is 0. The minimum absolute atomic E-state index is 0.132. The zero-order valence-electron chi connectivity index (χ0n) is 40.5. The van der Waals surface area contributed by atoms with Gasteiger partial charge in [-0.05, 0) is 89.9 Å². The monoisotopic (exact) mass is 932 g/mol. The summed E-state index contributed by atoms with van der Waals surface area (Å²) in [6, 6.07) is -1.56. The minimum atomic E-state index is -4.77. The molecule has 0 radical (unpaired) electrons. The molecule has 0 bridgehead atoms. The van der Waals surface area contributed by atoms with Crippen LogP contribution in [0.15, 0.2) is 85.1 Å². The molecule has 0 fully saturated rings. The number of unbranched alkanes of at least 4 members (excludes halogenated alkanes) is 18. The molecule has 65 heavy (non-hydrogen) atoms. The van der Waals surface area contributed by atoms with Crippen molar-refractivity contribution in [2.24, 2.45) is 0 Å². The number of hydrogen-bond donors (Lipinski definition) is 4. The van der Waals surface area contributed by atoms with Gasteiger partial charge in [0.2, 0.25) is 5.91 Å². The number of aliphatic hydroxyl groups excluding tert-OH is 1. The summed E-state index contributed by atoms with van der Waals surface area (Å²) in [5.41, 5.74) is 0. The molecule has 0 heterocycles. The largest absolute Gasteiger partial charge is 0.480 e. The van der Waals surface area contributed by atoms with Crippen molar-refractivity contribution in [1.29, 1.82) is 0 Å². The third-order valence-electron chi connectivity index (χ3n) is 10.4. The quantitative estimate of drug-likeness (QED) is 0.0199. The van der Waals surface area contributed by atoms with Crippen molar-refractivity contribution in [3.63, 3.8) is 0 Å². The molecule has 0 aliphatic heterocycles. The van der Waals surface area contributed by atoms with Gasteiger partial charge in [-0.2, -0.15) is 0 Å². The molecular formula is C53H90NO10P. The topological polar surface area (TPSA) is 169 Å². The lowest BCUT2D eigenvalue weighted by Crippen LogP contribution is -2.43. The zero-order valence-corrected chi connectivity index (χ0v) is 41.4. The standard InChI is InChI=1S/C53H90NO10P/c1-3-5-7-9-11-13-15-17-19-21-23-24-25-26-27-29-31-33-35-37-39-41-43-45-52(57)62-46-49(55)47-63-65(60,61)64-48-50(53(58)59)54-51(56)44-42-40-38-36-34-32-30-28-22-20-18-16-14-12-10-8-6-4-2/h5,7,11,13-14,16-17,19-20,22-24,26-27,49-50,55H,3-4,6,8-10,12,15,18,21,25,28-48H2,1-2H3,(H,54,56)(H,58,59)(H,60,61)/b7-5-,13-11-,16-14-,19-17-,22-20-,24-23-,27-26-. The maximum atomic E-state index is 12.4.